The van der Waals surface area contributed by atoms with Crippen LogP contribution in [0.5, 0.6) is 0 Å². The minimum Gasteiger partial charge on any atom is -0.480 e. The molecule has 1 amide bonds. The fourth-order valence-corrected chi connectivity index (χ4v) is 2.05. The van der Waals surface area contributed by atoms with Crippen molar-refractivity contribution in [2.45, 2.75) is 19.4 Å². The van der Waals surface area contributed by atoms with Gasteiger partial charge in [-0.3, -0.25) is 4.79 Å². The fraction of sp³-hybridized carbons (Fsp3) is 0.385. The Balaban J connectivity index is 2.55. The van der Waals surface area contributed by atoms with E-state index in [4.69, 9.17) is 0 Å². The maximum atomic E-state index is 11.9. The van der Waals surface area contributed by atoms with Gasteiger partial charge in [-0.25, -0.2) is 4.79 Å². The maximum absolute atomic E-state index is 11.9. The zero-order valence-electron chi connectivity index (χ0n) is 10.7. The second kappa shape index (κ2) is 4.01. The van der Waals surface area contributed by atoms with Crippen molar-refractivity contribution in [3.63, 3.8) is 0 Å². The second-order valence-corrected chi connectivity index (χ2v) is 4.89. The molecule has 0 spiro atoms. The zero-order chi connectivity index (χ0) is 13.5. The number of benzene rings is 1. The molecule has 0 aliphatic carbocycles. The number of anilines is 2. The first-order valence-electron chi connectivity index (χ1n) is 5.72. The molecule has 1 aromatic rings. The van der Waals surface area contributed by atoms with E-state index in [1.807, 2.05) is 24.3 Å². The number of likely N-dealkylation sites (N-methyl/N-ethyl adjacent to an activating group) is 1. The Hall–Kier alpha value is -2.04. The van der Waals surface area contributed by atoms with Crippen LogP contribution in [0.2, 0.25) is 0 Å². The van der Waals surface area contributed by atoms with Crippen LogP contribution in [0.1, 0.15) is 13.8 Å². The lowest BCUT2D eigenvalue weighted by Crippen LogP contribution is -2.56. The molecule has 0 saturated heterocycles. The minimum absolute atomic E-state index is 0.0762. The number of nitrogens with zero attached hydrogens (tertiary/aromatic N) is 2. The van der Waals surface area contributed by atoms with Crippen LogP contribution in [0.3, 0.4) is 0 Å². The molecule has 0 saturated carbocycles. The van der Waals surface area contributed by atoms with Gasteiger partial charge in [0, 0.05) is 7.05 Å². The second-order valence-electron chi connectivity index (χ2n) is 4.89. The Labute approximate surface area is 106 Å². The molecular formula is C13H16N2O3. The lowest BCUT2D eigenvalue weighted by atomic mass is 9.99. The highest BCUT2D eigenvalue weighted by Crippen LogP contribution is 2.36. The van der Waals surface area contributed by atoms with Gasteiger partial charge >= 0.3 is 5.97 Å². The van der Waals surface area contributed by atoms with Crippen LogP contribution in [0.4, 0.5) is 11.4 Å². The van der Waals surface area contributed by atoms with Gasteiger partial charge in [0.2, 0.25) is 5.91 Å². The first-order chi connectivity index (χ1) is 8.35. The number of hydrogen-bond donors (Lipinski definition) is 1. The smallest absolute Gasteiger partial charge is 0.328 e. The first-order valence-corrected chi connectivity index (χ1v) is 5.72. The Morgan fingerprint density at radius 3 is 2.39 bits per heavy atom. The summed E-state index contributed by atoms with van der Waals surface area (Å²) in [5, 5.41) is 9.30. The number of rotatable bonds is 2. The zero-order valence-corrected chi connectivity index (χ0v) is 10.7. The van der Waals surface area contributed by atoms with Crippen molar-refractivity contribution < 1.29 is 14.7 Å². The van der Waals surface area contributed by atoms with E-state index < -0.39 is 11.5 Å². The largest absolute Gasteiger partial charge is 0.480 e. The maximum Gasteiger partial charge on any atom is 0.328 e. The number of carbonyl (C=O) groups is 2. The molecule has 1 N–H and O–H groups in total. The molecule has 1 aromatic carbocycles. The average molecular weight is 248 g/mol. The van der Waals surface area contributed by atoms with Crippen LogP contribution in [0.15, 0.2) is 24.3 Å². The normalized spacial score (nSPS) is 15.6. The van der Waals surface area contributed by atoms with E-state index in [1.54, 1.807) is 30.7 Å². The van der Waals surface area contributed by atoms with Crippen molar-refractivity contribution >= 4 is 23.3 Å². The molecule has 0 fully saturated rings. The highest BCUT2D eigenvalue weighted by Gasteiger charge is 2.40. The summed E-state index contributed by atoms with van der Waals surface area (Å²) >= 11 is 0. The molecule has 18 heavy (non-hydrogen) atoms. The van der Waals surface area contributed by atoms with Gasteiger partial charge in [0.1, 0.15) is 5.54 Å². The van der Waals surface area contributed by atoms with Crippen LogP contribution < -0.4 is 9.80 Å². The van der Waals surface area contributed by atoms with Crippen molar-refractivity contribution in [1.82, 2.24) is 0 Å². The van der Waals surface area contributed by atoms with Crippen LogP contribution in [-0.4, -0.2) is 36.1 Å². The van der Waals surface area contributed by atoms with E-state index in [2.05, 4.69) is 0 Å². The molecule has 5 heteroatoms. The number of para-hydroxylation sites is 2. The number of fused-ring (bicyclic) bond motifs is 1. The number of amides is 1. The van der Waals surface area contributed by atoms with Gasteiger partial charge in [0.25, 0.3) is 0 Å². The molecule has 1 heterocycles. The third-order valence-corrected chi connectivity index (χ3v) is 3.40. The van der Waals surface area contributed by atoms with Gasteiger partial charge in [-0.15, -0.1) is 0 Å². The summed E-state index contributed by atoms with van der Waals surface area (Å²) in [4.78, 5) is 26.5. The predicted molar refractivity (Wildman–Crippen MR) is 68.9 cm³/mol. The molecule has 1 aliphatic rings. The quantitative estimate of drug-likeness (QED) is 0.857. The number of carboxylic acids is 1. The van der Waals surface area contributed by atoms with E-state index in [0.29, 0.717) is 0 Å². The van der Waals surface area contributed by atoms with E-state index >= 15 is 0 Å². The van der Waals surface area contributed by atoms with Crippen molar-refractivity contribution in [3.05, 3.63) is 24.3 Å². The van der Waals surface area contributed by atoms with Crippen molar-refractivity contribution in [3.8, 4) is 0 Å². The molecule has 0 bridgehead atoms. The average Bonchev–Trinajstić information content (AvgIpc) is 2.33. The molecule has 0 unspecified atom stereocenters. The molecule has 2 rings (SSSR count). The number of aliphatic carboxylic acids is 1. The number of hydrogen-bond acceptors (Lipinski definition) is 3. The SMILES string of the molecule is CN1C(=O)CN(C(C)(C)C(=O)O)c2ccccc21. The fourth-order valence-electron chi connectivity index (χ4n) is 2.05. The molecule has 5 nitrogen and oxygen atoms in total. The summed E-state index contributed by atoms with van der Waals surface area (Å²) in [6.07, 6.45) is 0. The van der Waals surface area contributed by atoms with Crippen LogP contribution in [-0.2, 0) is 9.59 Å². The molecule has 1 aliphatic heterocycles. The van der Waals surface area contributed by atoms with E-state index in [-0.39, 0.29) is 12.5 Å². The van der Waals surface area contributed by atoms with Crippen LogP contribution in [0, 0.1) is 0 Å². The summed E-state index contributed by atoms with van der Waals surface area (Å²) in [5.74, 6) is -1.06. The Kier molecular flexibility index (Phi) is 2.77. The monoisotopic (exact) mass is 248 g/mol. The molecule has 0 radical (unpaired) electrons. The first kappa shape index (κ1) is 12.4. The summed E-state index contributed by atoms with van der Waals surface area (Å²) in [6.45, 7) is 3.28. The van der Waals surface area contributed by atoms with E-state index in [0.717, 1.165) is 11.4 Å². The van der Waals surface area contributed by atoms with Crippen LogP contribution >= 0.6 is 0 Å². The third-order valence-electron chi connectivity index (χ3n) is 3.40. The van der Waals surface area contributed by atoms with Gasteiger partial charge in [-0.2, -0.15) is 0 Å². The van der Waals surface area contributed by atoms with Crippen molar-refractivity contribution in [2.24, 2.45) is 0 Å². The lowest BCUT2D eigenvalue weighted by molar-refractivity contribution is -0.142. The lowest BCUT2D eigenvalue weighted by Gasteiger charge is -2.42. The Morgan fingerprint density at radius 1 is 1.28 bits per heavy atom. The number of carboxylic acid groups (broad SMARTS) is 1. The third kappa shape index (κ3) is 1.72. The summed E-state index contributed by atoms with van der Waals surface area (Å²) in [5.41, 5.74) is 0.391. The van der Waals surface area contributed by atoms with Gasteiger partial charge in [-0.05, 0) is 26.0 Å². The summed E-state index contributed by atoms with van der Waals surface area (Å²) in [6, 6.07) is 7.33. The van der Waals surface area contributed by atoms with Gasteiger partial charge in [0.15, 0.2) is 0 Å². The number of carbonyl (C=O) groups excluding carboxylic acids is 1. The standard InChI is InChI=1S/C13H16N2O3/c1-13(2,12(17)18)15-8-11(16)14(3)9-6-4-5-7-10(9)15/h4-7H,8H2,1-3H3,(H,17,18). The molecule has 96 valence electrons. The van der Waals surface area contributed by atoms with Gasteiger partial charge < -0.3 is 14.9 Å². The topological polar surface area (TPSA) is 60.9 Å². The highest BCUT2D eigenvalue weighted by atomic mass is 16.4. The Bertz CT molecular complexity index is 511. The van der Waals surface area contributed by atoms with Gasteiger partial charge in [-0.1, -0.05) is 12.1 Å². The highest BCUT2D eigenvalue weighted by molar-refractivity contribution is 6.04. The van der Waals surface area contributed by atoms with Crippen molar-refractivity contribution in [2.75, 3.05) is 23.4 Å². The summed E-state index contributed by atoms with van der Waals surface area (Å²) < 4.78 is 0. The van der Waals surface area contributed by atoms with Crippen LogP contribution in [0.25, 0.3) is 0 Å². The van der Waals surface area contributed by atoms with Crippen molar-refractivity contribution in [1.29, 1.82) is 0 Å². The molecule has 0 atom stereocenters. The molecule has 0 aromatic heterocycles. The Morgan fingerprint density at radius 2 is 1.83 bits per heavy atom. The molecular weight excluding hydrogens is 232 g/mol. The summed E-state index contributed by atoms with van der Waals surface area (Å²) in [7, 11) is 1.70. The van der Waals surface area contributed by atoms with E-state index in [1.165, 1.54) is 0 Å². The van der Waals surface area contributed by atoms with Gasteiger partial charge in [0.05, 0.1) is 17.9 Å². The minimum atomic E-state index is -1.12. The predicted octanol–water partition coefficient (Wildman–Crippen LogP) is 1.33. The van der Waals surface area contributed by atoms with E-state index in [9.17, 15) is 14.7 Å².